The van der Waals surface area contributed by atoms with Crippen LogP contribution in [-0.2, 0) is 11.3 Å². The molecule has 0 radical (unpaired) electrons. The van der Waals surface area contributed by atoms with E-state index >= 15 is 0 Å². The van der Waals surface area contributed by atoms with Crippen molar-refractivity contribution in [3.8, 4) is 11.5 Å². The zero-order valence-electron chi connectivity index (χ0n) is 18.1. The Kier molecular flexibility index (Phi) is 6.85. The minimum atomic E-state index is -0.118. The summed E-state index contributed by atoms with van der Waals surface area (Å²) in [6.45, 7) is 0.550. The lowest BCUT2D eigenvalue weighted by molar-refractivity contribution is -0.118. The molecule has 0 unspecified atom stereocenters. The fourth-order valence-electron chi connectivity index (χ4n) is 3.85. The zero-order valence-corrected chi connectivity index (χ0v) is 18.9. The van der Waals surface area contributed by atoms with Crippen LogP contribution >= 0.6 is 11.8 Å². The zero-order chi connectivity index (χ0) is 21.8. The van der Waals surface area contributed by atoms with Crippen molar-refractivity contribution < 1.29 is 14.3 Å². The molecule has 1 aromatic heterocycles. The van der Waals surface area contributed by atoms with E-state index in [1.54, 1.807) is 30.9 Å². The Hall–Kier alpha value is -2.48. The van der Waals surface area contributed by atoms with E-state index in [2.05, 4.69) is 11.4 Å². The van der Waals surface area contributed by atoms with Gasteiger partial charge in [0.15, 0.2) is 16.7 Å². The average Bonchev–Trinajstić information content (AvgIpc) is 3.61. The topological polar surface area (TPSA) is 82.5 Å². The smallest absolute Gasteiger partial charge is 0.262 e. The summed E-state index contributed by atoms with van der Waals surface area (Å²) >= 11 is 1.31. The maximum atomic E-state index is 13.4. The molecular formula is C23H29N3O4S. The number of fused-ring (bicyclic) bond motifs is 1. The van der Waals surface area contributed by atoms with E-state index < -0.39 is 0 Å². The fourth-order valence-corrected chi connectivity index (χ4v) is 4.69. The van der Waals surface area contributed by atoms with Crippen molar-refractivity contribution in [3.05, 3.63) is 34.1 Å². The summed E-state index contributed by atoms with van der Waals surface area (Å²) in [4.78, 5) is 30.4. The summed E-state index contributed by atoms with van der Waals surface area (Å²) < 4.78 is 12.5. The largest absolute Gasteiger partial charge is 0.493 e. The van der Waals surface area contributed by atoms with Crippen molar-refractivity contribution >= 4 is 28.6 Å². The maximum absolute atomic E-state index is 13.4. The molecule has 0 saturated heterocycles. The molecule has 0 spiro atoms. The Balaban J connectivity index is 1.66. The number of methoxy groups -OCH3 is 2. The fraction of sp³-hybridized carbons (Fsp3) is 0.522. The first kappa shape index (κ1) is 21.7. The predicted octanol–water partition coefficient (Wildman–Crippen LogP) is 3.67. The molecule has 4 rings (SSSR count). The van der Waals surface area contributed by atoms with Crippen LogP contribution in [0.1, 0.15) is 44.9 Å². The molecule has 7 nitrogen and oxygen atoms in total. The highest BCUT2D eigenvalue weighted by Gasteiger charge is 2.24. The van der Waals surface area contributed by atoms with Gasteiger partial charge in [-0.25, -0.2) is 4.98 Å². The minimum Gasteiger partial charge on any atom is -0.493 e. The van der Waals surface area contributed by atoms with E-state index in [4.69, 9.17) is 14.5 Å². The maximum Gasteiger partial charge on any atom is 0.262 e. The minimum absolute atomic E-state index is 0.0179. The van der Waals surface area contributed by atoms with Gasteiger partial charge >= 0.3 is 0 Å². The number of benzene rings is 1. The Labute approximate surface area is 186 Å². The van der Waals surface area contributed by atoms with Gasteiger partial charge in [0.2, 0.25) is 5.91 Å². The van der Waals surface area contributed by atoms with Crippen LogP contribution in [0.5, 0.6) is 11.5 Å². The van der Waals surface area contributed by atoms with Gasteiger partial charge in [-0.2, -0.15) is 0 Å². The molecule has 1 N–H and O–H groups in total. The lowest BCUT2D eigenvalue weighted by Gasteiger charge is -2.17. The number of amides is 1. The van der Waals surface area contributed by atoms with E-state index in [1.165, 1.54) is 30.2 Å². The molecule has 31 heavy (non-hydrogen) atoms. The Morgan fingerprint density at radius 3 is 2.68 bits per heavy atom. The monoisotopic (exact) mass is 443 g/mol. The molecular weight excluding hydrogens is 414 g/mol. The van der Waals surface area contributed by atoms with Crippen LogP contribution in [0.25, 0.3) is 10.9 Å². The van der Waals surface area contributed by atoms with Crippen LogP contribution in [0.3, 0.4) is 0 Å². The van der Waals surface area contributed by atoms with Crippen LogP contribution < -0.4 is 20.3 Å². The number of carbonyl (C=O) groups excluding carboxylic acids is 1. The Morgan fingerprint density at radius 2 is 2.00 bits per heavy atom. The van der Waals surface area contributed by atoms with Gasteiger partial charge in [-0.3, -0.25) is 14.2 Å². The molecule has 1 heterocycles. The quantitative estimate of drug-likeness (QED) is 0.362. The van der Waals surface area contributed by atoms with E-state index in [-0.39, 0.29) is 17.2 Å². The summed E-state index contributed by atoms with van der Waals surface area (Å²) in [5, 5.41) is 4.04. The van der Waals surface area contributed by atoms with Crippen LogP contribution in [0.15, 0.2) is 33.7 Å². The van der Waals surface area contributed by atoms with Crippen LogP contribution in [0, 0.1) is 0 Å². The van der Waals surface area contributed by atoms with Gasteiger partial charge in [-0.05, 0) is 51.0 Å². The molecule has 166 valence electrons. The van der Waals surface area contributed by atoms with Gasteiger partial charge in [0.05, 0.1) is 30.9 Å². The van der Waals surface area contributed by atoms with Crippen molar-refractivity contribution in [2.75, 3.05) is 20.0 Å². The number of carbonyl (C=O) groups is 1. The van der Waals surface area contributed by atoms with Crippen molar-refractivity contribution in [2.45, 2.75) is 62.7 Å². The SMILES string of the molecule is COc1cc2nc(SCC(=O)NC3CC3)n(CCC3=CCCCC3)c(=O)c2cc1OC. The number of hydrogen-bond acceptors (Lipinski definition) is 6. The highest BCUT2D eigenvalue weighted by atomic mass is 32.2. The molecule has 1 fully saturated rings. The summed E-state index contributed by atoms with van der Waals surface area (Å²) in [5.74, 6) is 1.24. The molecule has 1 saturated carbocycles. The third kappa shape index (κ3) is 5.23. The Bertz CT molecular complexity index is 1060. The van der Waals surface area contributed by atoms with Crippen molar-refractivity contribution in [2.24, 2.45) is 0 Å². The first-order valence-corrected chi connectivity index (χ1v) is 11.8. The average molecular weight is 444 g/mol. The van der Waals surface area contributed by atoms with Gasteiger partial charge in [0.1, 0.15) is 0 Å². The van der Waals surface area contributed by atoms with Gasteiger partial charge in [-0.1, -0.05) is 23.4 Å². The van der Waals surface area contributed by atoms with Gasteiger partial charge in [0, 0.05) is 18.7 Å². The lowest BCUT2D eigenvalue weighted by Crippen LogP contribution is -2.28. The van der Waals surface area contributed by atoms with Crippen molar-refractivity contribution in [3.63, 3.8) is 0 Å². The van der Waals surface area contributed by atoms with E-state index in [1.807, 2.05) is 0 Å². The van der Waals surface area contributed by atoms with Gasteiger partial charge in [0.25, 0.3) is 5.56 Å². The number of ether oxygens (including phenoxy) is 2. The first-order chi connectivity index (χ1) is 15.1. The number of rotatable bonds is 9. The van der Waals surface area contributed by atoms with Crippen molar-refractivity contribution in [1.29, 1.82) is 0 Å². The molecule has 2 aliphatic rings. The van der Waals surface area contributed by atoms with Gasteiger partial charge < -0.3 is 14.8 Å². The summed E-state index contributed by atoms with van der Waals surface area (Å²) in [7, 11) is 3.11. The number of allylic oxidation sites excluding steroid dienone is 2. The standard InChI is InChI=1S/C23H29N3O4S/c1-29-19-12-17-18(13-20(19)30-2)25-23(31-14-21(27)24-16-8-9-16)26(22(17)28)11-10-15-6-4-3-5-7-15/h6,12-13,16H,3-5,7-11,14H2,1-2H3,(H,24,27). The van der Waals surface area contributed by atoms with E-state index in [0.29, 0.717) is 40.1 Å². The third-order valence-electron chi connectivity index (χ3n) is 5.74. The molecule has 1 amide bonds. The number of nitrogens with zero attached hydrogens (tertiary/aromatic N) is 2. The van der Waals surface area contributed by atoms with E-state index in [9.17, 15) is 9.59 Å². The summed E-state index contributed by atoms with van der Waals surface area (Å²) in [5.41, 5.74) is 1.82. The highest BCUT2D eigenvalue weighted by Crippen LogP contribution is 2.31. The molecule has 8 heteroatoms. The predicted molar refractivity (Wildman–Crippen MR) is 122 cm³/mol. The second-order valence-corrected chi connectivity index (χ2v) is 9.01. The molecule has 1 aromatic carbocycles. The number of hydrogen-bond donors (Lipinski definition) is 1. The number of aromatic nitrogens is 2. The molecule has 2 aromatic rings. The second kappa shape index (κ2) is 9.77. The number of nitrogens with one attached hydrogen (secondary N) is 1. The lowest BCUT2D eigenvalue weighted by atomic mass is 9.97. The molecule has 2 aliphatic carbocycles. The van der Waals surface area contributed by atoms with Crippen LogP contribution in [-0.4, -0.2) is 41.5 Å². The normalized spacial score (nSPS) is 16.1. The van der Waals surface area contributed by atoms with Crippen molar-refractivity contribution in [1.82, 2.24) is 14.9 Å². The molecule has 0 atom stereocenters. The van der Waals surface area contributed by atoms with Crippen LogP contribution in [0.4, 0.5) is 0 Å². The first-order valence-electron chi connectivity index (χ1n) is 10.9. The molecule has 0 aliphatic heterocycles. The van der Waals surface area contributed by atoms with Gasteiger partial charge in [-0.15, -0.1) is 0 Å². The Morgan fingerprint density at radius 1 is 1.23 bits per heavy atom. The highest BCUT2D eigenvalue weighted by molar-refractivity contribution is 7.99. The second-order valence-electron chi connectivity index (χ2n) is 8.06. The van der Waals surface area contributed by atoms with E-state index in [0.717, 1.165) is 32.1 Å². The third-order valence-corrected chi connectivity index (χ3v) is 6.72. The molecule has 0 bridgehead atoms. The summed E-state index contributed by atoms with van der Waals surface area (Å²) in [6, 6.07) is 3.72. The summed E-state index contributed by atoms with van der Waals surface area (Å²) in [6.07, 6.45) is 9.86. The number of thioether (sulfide) groups is 1. The van der Waals surface area contributed by atoms with Crippen LogP contribution in [0.2, 0.25) is 0 Å².